The average Bonchev–Trinajstić information content (AvgIpc) is 3.43. The quantitative estimate of drug-likeness (QED) is 0.222. The number of nitrogens with zero attached hydrogens (tertiary/aromatic N) is 2. The zero-order valence-corrected chi connectivity index (χ0v) is 27.0. The van der Waals surface area contributed by atoms with E-state index in [1.54, 1.807) is 52.8 Å². The normalized spacial score (nSPS) is 16.8. The second kappa shape index (κ2) is 16.7. The van der Waals surface area contributed by atoms with Gasteiger partial charge in [0.05, 0.1) is 12.1 Å². The number of rotatable bonds is 11. The number of carbonyl (C=O) groups is 6. The number of nitrogens with two attached hydrogens (primary N) is 1. The van der Waals surface area contributed by atoms with Gasteiger partial charge in [-0.05, 0) is 49.1 Å². The topological polar surface area (TPSA) is 181 Å². The second-order valence-corrected chi connectivity index (χ2v) is 12.7. The first-order valence-electron chi connectivity index (χ1n) is 14.9. The summed E-state index contributed by atoms with van der Waals surface area (Å²) in [6.45, 7) is 17.1. The molecular weight excluding hydrogens is 552 g/mol. The van der Waals surface area contributed by atoms with Crippen LogP contribution >= 0.6 is 0 Å². The third-order valence-electron chi connectivity index (χ3n) is 7.19. The highest BCUT2D eigenvalue weighted by atomic mass is 16.2. The molecule has 2 rings (SSSR count). The fraction of sp³-hybridized carbons (Fsp3) is 0.645. The molecule has 4 unspecified atom stereocenters. The highest BCUT2D eigenvalue weighted by molar-refractivity contribution is 6.37. The van der Waals surface area contributed by atoms with Gasteiger partial charge in [0.2, 0.25) is 23.4 Å². The Morgan fingerprint density at radius 2 is 1.60 bits per heavy atom. The van der Waals surface area contributed by atoms with E-state index in [-0.39, 0.29) is 23.9 Å². The number of carbonyl (C=O) groups excluding carboxylic acids is 6. The van der Waals surface area contributed by atoms with Crippen molar-refractivity contribution in [2.24, 2.45) is 23.0 Å². The molecule has 2 heterocycles. The van der Waals surface area contributed by atoms with Gasteiger partial charge in [-0.1, -0.05) is 67.9 Å². The van der Waals surface area contributed by atoms with Crippen LogP contribution in [0.5, 0.6) is 0 Å². The summed E-state index contributed by atoms with van der Waals surface area (Å²) in [6.07, 6.45) is 3.69. The summed E-state index contributed by atoms with van der Waals surface area (Å²) in [5, 5.41) is 7.82. The Kier molecular flexibility index (Phi) is 14.5. The number of ketones is 2. The molecule has 5 N–H and O–H groups in total. The highest BCUT2D eigenvalue weighted by Gasteiger charge is 2.42. The van der Waals surface area contributed by atoms with E-state index >= 15 is 0 Å². The van der Waals surface area contributed by atoms with Crippen LogP contribution in [0.3, 0.4) is 0 Å². The summed E-state index contributed by atoms with van der Waals surface area (Å²) in [5.74, 6) is -2.90. The Morgan fingerprint density at radius 1 is 1.00 bits per heavy atom. The van der Waals surface area contributed by atoms with Gasteiger partial charge in [-0.15, -0.1) is 0 Å². The molecular formula is C31H50N6O6. The zero-order chi connectivity index (χ0) is 33.1. The molecule has 1 aromatic heterocycles. The van der Waals surface area contributed by atoms with E-state index in [9.17, 15) is 28.8 Å². The number of pyridine rings is 1. The van der Waals surface area contributed by atoms with Gasteiger partial charge in [0, 0.05) is 12.7 Å². The molecule has 240 valence electrons. The number of likely N-dealkylation sites (tertiary alicyclic amines) is 1. The number of urea groups is 1. The van der Waals surface area contributed by atoms with Crippen LogP contribution in [0.15, 0.2) is 24.4 Å². The summed E-state index contributed by atoms with van der Waals surface area (Å²) in [5.41, 5.74) is 4.47. The van der Waals surface area contributed by atoms with E-state index in [4.69, 9.17) is 5.73 Å². The van der Waals surface area contributed by atoms with Gasteiger partial charge in [-0.2, -0.15) is 0 Å². The highest BCUT2D eigenvalue weighted by Crippen LogP contribution is 2.26. The number of hydrogen-bond donors (Lipinski definition) is 4. The Morgan fingerprint density at radius 3 is 2.07 bits per heavy atom. The molecule has 4 atom stereocenters. The van der Waals surface area contributed by atoms with Crippen LogP contribution in [0.2, 0.25) is 0 Å². The van der Waals surface area contributed by atoms with Gasteiger partial charge in [0.1, 0.15) is 17.8 Å². The average molecular weight is 603 g/mol. The molecule has 12 heteroatoms. The molecule has 0 aromatic carbocycles. The smallest absolute Gasteiger partial charge is 0.316 e. The number of amides is 5. The zero-order valence-electron chi connectivity index (χ0n) is 27.0. The standard InChI is InChI=1S/C26H38N6O6.C5H12/c1-14(2)18(20(34)16-10-7-8-12-28-16)30-25(38)31-21(26(4,5)6)24(37)32-13-9-11-17(32)23(36)29-15(3)19(33)22(27)35;1-4-5(2)3/h7-8,10,12,14-15,17-18,21H,9,11,13H2,1-6H3,(H2,27,35)(H,29,36)(H2,30,31,38);5H,4H2,1-3H3. The summed E-state index contributed by atoms with van der Waals surface area (Å²) >= 11 is 0. The first-order chi connectivity index (χ1) is 19.9. The fourth-order valence-corrected chi connectivity index (χ4v) is 4.22. The van der Waals surface area contributed by atoms with Crippen molar-refractivity contribution in [3.8, 4) is 0 Å². The molecule has 0 radical (unpaired) electrons. The van der Waals surface area contributed by atoms with Gasteiger partial charge in [-0.3, -0.25) is 29.0 Å². The Labute approximate surface area is 255 Å². The van der Waals surface area contributed by atoms with E-state index in [2.05, 4.69) is 41.7 Å². The maximum atomic E-state index is 13.6. The van der Waals surface area contributed by atoms with E-state index in [1.165, 1.54) is 24.4 Å². The van der Waals surface area contributed by atoms with Crippen molar-refractivity contribution in [1.82, 2.24) is 25.8 Å². The van der Waals surface area contributed by atoms with Gasteiger partial charge in [0.15, 0.2) is 0 Å². The summed E-state index contributed by atoms with van der Waals surface area (Å²) in [7, 11) is 0. The van der Waals surface area contributed by atoms with Crippen molar-refractivity contribution < 1.29 is 28.8 Å². The lowest BCUT2D eigenvalue weighted by Crippen LogP contribution is -2.61. The van der Waals surface area contributed by atoms with Crippen LogP contribution in [-0.4, -0.2) is 75.9 Å². The van der Waals surface area contributed by atoms with E-state index in [0.29, 0.717) is 12.8 Å². The van der Waals surface area contributed by atoms with Crippen molar-refractivity contribution >= 4 is 35.3 Å². The molecule has 0 spiro atoms. The maximum Gasteiger partial charge on any atom is 0.316 e. The van der Waals surface area contributed by atoms with Crippen LogP contribution < -0.4 is 21.7 Å². The number of Topliss-reactive ketones (excluding diaryl/α,β-unsaturated/α-hetero) is 2. The van der Waals surface area contributed by atoms with Crippen molar-refractivity contribution in [1.29, 1.82) is 0 Å². The van der Waals surface area contributed by atoms with Crippen molar-refractivity contribution in [3.05, 3.63) is 30.1 Å². The lowest BCUT2D eigenvalue weighted by Gasteiger charge is -2.36. The van der Waals surface area contributed by atoms with Crippen molar-refractivity contribution in [2.45, 2.75) is 106 Å². The van der Waals surface area contributed by atoms with E-state index in [1.807, 2.05) is 0 Å². The number of hydrogen-bond acceptors (Lipinski definition) is 7. The lowest BCUT2D eigenvalue weighted by molar-refractivity contribution is -0.143. The third-order valence-corrected chi connectivity index (χ3v) is 7.19. The monoisotopic (exact) mass is 602 g/mol. The molecule has 1 aromatic rings. The molecule has 12 nitrogen and oxygen atoms in total. The van der Waals surface area contributed by atoms with Crippen LogP contribution in [0.1, 0.15) is 92.1 Å². The molecule has 0 bridgehead atoms. The largest absolute Gasteiger partial charge is 0.363 e. The predicted octanol–water partition coefficient (Wildman–Crippen LogP) is 2.61. The second-order valence-electron chi connectivity index (χ2n) is 12.7. The van der Waals surface area contributed by atoms with Crippen LogP contribution in [0, 0.1) is 17.3 Å². The van der Waals surface area contributed by atoms with Crippen molar-refractivity contribution in [3.63, 3.8) is 0 Å². The molecule has 0 saturated carbocycles. The van der Waals surface area contributed by atoms with Gasteiger partial charge in [-0.25, -0.2) is 4.79 Å². The molecule has 1 fully saturated rings. The molecule has 0 aliphatic carbocycles. The number of aromatic nitrogens is 1. The predicted molar refractivity (Wildman–Crippen MR) is 164 cm³/mol. The Hall–Kier alpha value is -3.83. The minimum Gasteiger partial charge on any atom is -0.363 e. The summed E-state index contributed by atoms with van der Waals surface area (Å²) < 4.78 is 0. The van der Waals surface area contributed by atoms with Gasteiger partial charge >= 0.3 is 6.03 Å². The van der Waals surface area contributed by atoms with Crippen LogP contribution in [0.25, 0.3) is 0 Å². The minimum atomic E-state index is -1.17. The molecule has 43 heavy (non-hydrogen) atoms. The number of primary amides is 1. The van der Waals surface area contributed by atoms with Gasteiger partial charge < -0.3 is 26.6 Å². The van der Waals surface area contributed by atoms with Crippen LogP contribution in [-0.2, 0) is 19.2 Å². The minimum absolute atomic E-state index is 0.213. The molecule has 1 aliphatic heterocycles. The molecule has 5 amide bonds. The fourth-order valence-electron chi connectivity index (χ4n) is 4.22. The van der Waals surface area contributed by atoms with Gasteiger partial charge in [0.25, 0.3) is 5.91 Å². The SMILES string of the molecule is CC(NC(=O)C1CCCN1C(=O)C(NC(=O)NC(C(=O)c1ccccn1)C(C)C)C(C)(C)C)C(=O)C(N)=O.CCC(C)C. The third kappa shape index (κ3) is 11.4. The van der Waals surface area contributed by atoms with Crippen molar-refractivity contribution in [2.75, 3.05) is 6.54 Å². The van der Waals surface area contributed by atoms with Crippen LogP contribution in [0.4, 0.5) is 4.79 Å². The molecule has 1 aliphatic rings. The first-order valence-corrected chi connectivity index (χ1v) is 14.9. The first kappa shape index (κ1) is 37.2. The van der Waals surface area contributed by atoms with E-state index in [0.717, 1.165) is 5.92 Å². The van der Waals surface area contributed by atoms with E-state index < -0.39 is 59.1 Å². The summed E-state index contributed by atoms with van der Waals surface area (Å²) in [4.78, 5) is 80.9. The Balaban J connectivity index is 0.00000170. The number of nitrogens with one attached hydrogen (secondary N) is 3. The maximum absolute atomic E-state index is 13.6. The molecule has 1 saturated heterocycles. The summed E-state index contributed by atoms with van der Waals surface area (Å²) in [6, 6.07) is 0.298. The lowest BCUT2D eigenvalue weighted by atomic mass is 9.85. The Bertz CT molecular complexity index is 1130.